The summed E-state index contributed by atoms with van der Waals surface area (Å²) in [6.45, 7) is 4.68. The van der Waals surface area contributed by atoms with Gasteiger partial charge in [0.05, 0.1) is 0 Å². The lowest BCUT2D eigenvalue weighted by atomic mass is 9.82. The van der Waals surface area contributed by atoms with Crippen LogP contribution in [0.2, 0.25) is 0 Å². The van der Waals surface area contributed by atoms with Gasteiger partial charge in [0.1, 0.15) is 0 Å². The molecule has 0 aromatic rings. The quantitative estimate of drug-likeness (QED) is 0.641. The summed E-state index contributed by atoms with van der Waals surface area (Å²) in [5, 5.41) is 10.1. The maximum absolute atomic E-state index is 13.2. The average Bonchev–Trinajstić information content (AvgIpc) is 3.20. The maximum Gasteiger partial charge on any atom is 0.417 e. The van der Waals surface area contributed by atoms with E-state index in [9.17, 15) is 18.3 Å². The van der Waals surface area contributed by atoms with Gasteiger partial charge in [-0.3, -0.25) is 0 Å². The van der Waals surface area contributed by atoms with Crippen LogP contribution in [0.4, 0.5) is 13.2 Å². The van der Waals surface area contributed by atoms with Crippen molar-refractivity contribution in [2.24, 2.45) is 17.8 Å². The molecule has 1 aliphatic carbocycles. The molecule has 0 aromatic heterocycles. The fraction of sp³-hybridized carbons (Fsp3) is 1.00. The molecule has 0 heterocycles. The molecule has 0 amide bonds. The van der Waals surface area contributed by atoms with Gasteiger partial charge in [-0.25, -0.2) is 0 Å². The van der Waals surface area contributed by atoms with Crippen LogP contribution in [-0.2, 0) is 4.74 Å². The Kier molecular flexibility index (Phi) is 6.98. The lowest BCUT2D eigenvalue weighted by Gasteiger charge is -2.34. The van der Waals surface area contributed by atoms with Gasteiger partial charge in [0, 0.05) is 13.7 Å². The second-order valence-electron chi connectivity index (χ2n) is 6.67. The van der Waals surface area contributed by atoms with Gasteiger partial charge in [0.2, 0.25) is 0 Å². The van der Waals surface area contributed by atoms with Crippen LogP contribution in [0.25, 0.3) is 0 Å². The third kappa shape index (κ3) is 5.44. The molecular formula is C16H29F3O2. The first-order chi connectivity index (χ1) is 9.74. The van der Waals surface area contributed by atoms with Crippen LogP contribution in [-0.4, -0.2) is 30.6 Å². The Morgan fingerprint density at radius 2 is 1.86 bits per heavy atom. The summed E-state index contributed by atoms with van der Waals surface area (Å²) in [7, 11) is 1.66. The number of alkyl halides is 3. The largest absolute Gasteiger partial charge is 0.417 e. The summed E-state index contributed by atoms with van der Waals surface area (Å²) in [5.74, 6) is -0.219. The number of rotatable bonds is 10. The smallest absolute Gasteiger partial charge is 0.384 e. The summed E-state index contributed by atoms with van der Waals surface area (Å²) < 4.78 is 44.6. The van der Waals surface area contributed by atoms with Crippen molar-refractivity contribution in [2.75, 3.05) is 13.7 Å². The number of aliphatic hydroxyl groups is 1. The third-order valence-electron chi connectivity index (χ3n) is 4.68. The van der Waals surface area contributed by atoms with Crippen LogP contribution < -0.4 is 0 Å². The van der Waals surface area contributed by atoms with E-state index in [-0.39, 0.29) is 12.3 Å². The molecule has 126 valence electrons. The summed E-state index contributed by atoms with van der Waals surface area (Å²) in [5.41, 5.74) is -2.47. The predicted octanol–water partition coefficient (Wildman–Crippen LogP) is 4.56. The number of hydrogen-bond acceptors (Lipinski definition) is 2. The summed E-state index contributed by atoms with van der Waals surface area (Å²) >= 11 is 0. The molecule has 1 aliphatic rings. The van der Waals surface area contributed by atoms with Gasteiger partial charge in [-0.2, -0.15) is 13.2 Å². The third-order valence-corrected chi connectivity index (χ3v) is 4.68. The normalized spacial score (nSPS) is 21.9. The molecule has 21 heavy (non-hydrogen) atoms. The first-order valence-electron chi connectivity index (χ1n) is 8.02. The van der Waals surface area contributed by atoms with Gasteiger partial charge in [-0.05, 0) is 43.4 Å². The second kappa shape index (κ2) is 7.82. The van der Waals surface area contributed by atoms with Gasteiger partial charge in [-0.1, -0.05) is 33.1 Å². The molecule has 1 unspecified atom stereocenters. The lowest BCUT2D eigenvalue weighted by Crippen LogP contribution is -2.48. The van der Waals surface area contributed by atoms with Gasteiger partial charge in [-0.15, -0.1) is 0 Å². The molecule has 2 nitrogen and oxygen atoms in total. The molecule has 1 rings (SSSR count). The fourth-order valence-corrected chi connectivity index (χ4v) is 3.09. The Morgan fingerprint density at radius 3 is 2.29 bits per heavy atom. The highest BCUT2D eigenvalue weighted by atomic mass is 19.4. The van der Waals surface area contributed by atoms with E-state index < -0.39 is 17.7 Å². The van der Waals surface area contributed by atoms with Crippen LogP contribution in [0, 0.1) is 17.8 Å². The second-order valence-corrected chi connectivity index (χ2v) is 6.67. The summed E-state index contributed by atoms with van der Waals surface area (Å²) in [4.78, 5) is 0. The van der Waals surface area contributed by atoms with Gasteiger partial charge in [0.25, 0.3) is 0 Å². The van der Waals surface area contributed by atoms with Crippen molar-refractivity contribution in [3.05, 3.63) is 0 Å². The number of ether oxygens (including phenoxy) is 1. The molecule has 0 aromatic carbocycles. The van der Waals surface area contributed by atoms with Crippen LogP contribution in [0.15, 0.2) is 0 Å². The molecule has 0 spiro atoms. The maximum atomic E-state index is 13.2. The van der Waals surface area contributed by atoms with E-state index in [1.807, 2.05) is 6.92 Å². The van der Waals surface area contributed by atoms with E-state index in [0.29, 0.717) is 31.8 Å². The molecule has 1 N–H and O–H groups in total. The van der Waals surface area contributed by atoms with Crippen molar-refractivity contribution >= 4 is 0 Å². The molecule has 3 atom stereocenters. The minimum absolute atomic E-state index is 0.0630. The molecule has 0 bridgehead atoms. The van der Waals surface area contributed by atoms with Crippen LogP contribution in [0.1, 0.15) is 58.8 Å². The van der Waals surface area contributed by atoms with Crippen molar-refractivity contribution in [1.29, 1.82) is 0 Å². The number of hydrogen-bond donors (Lipinski definition) is 1. The SMILES string of the molecule is CC[C@H](CCC[C@H](C)COC)CC(O)(C1CC1)C(F)(F)F. The fourth-order valence-electron chi connectivity index (χ4n) is 3.09. The van der Waals surface area contributed by atoms with Crippen LogP contribution in [0.5, 0.6) is 0 Å². The zero-order valence-corrected chi connectivity index (χ0v) is 13.4. The van der Waals surface area contributed by atoms with E-state index >= 15 is 0 Å². The zero-order valence-electron chi connectivity index (χ0n) is 13.4. The Hall–Kier alpha value is -0.290. The minimum Gasteiger partial charge on any atom is -0.384 e. The Bertz CT molecular complexity index is 302. The van der Waals surface area contributed by atoms with Gasteiger partial charge in [0.15, 0.2) is 5.60 Å². The van der Waals surface area contributed by atoms with Crippen molar-refractivity contribution in [3.63, 3.8) is 0 Å². The number of methoxy groups -OCH3 is 1. The highest BCUT2D eigenvalue weighted by Gasteiger charge is 2.61. The van der Waals surface area contributed by atoms with Crippen LogP contribution >= 0.6 is 0 Å². The highest BCUT2D eigenvalue weighted by molar-refractivity contribution is 5.00. The minimum atomic E-state index is -4.51. The van der Waals surface area contributed by atoms with E-state index in [0.717, 1.165) is 19.3 Å². The monoisotopic (exact) mass is 310 g/mol. The van der Waals surface area contributed by atoms with Crippen molar-refractivity contribution in [3.8, 4) is 0 Å². The van der Waals surface area contributed by atoms with E-state index in [2.05, 4.69) is 6.92 Å². The Balaban J connectivity index is 2.48. The first kappa shape index (κ1) is 18.8. The highest BCUT2D eigenvalue weighted by Crippen LogP contribution is 2.51. The molecule has 0 radical (unpaired) electrons. The van der Waals surface area contributed by atoms with Crippen LogP contribution in [0.3, 0.4) is 0 Å². The van der Waals surface area contributed by atoms with Gasteiger partial charge < -0.3 is 9.84 Å². The van der Waals surface area contributed by atoms with Gasteiger partial charge >= 0.3 is 6.18 Å². The topological polar surface area (TPSA) is 29.5 Å². The Morgan fingerprint density at radius 1 is 1.24 bits per heavy atom. The summed E-state index contributed by atoms with van der Waals surface area (Å²) in [6.07, 6.45) is -0.380. The standard InChI is InChI=1S/C16H29F3O2/c1-4-13(7-5-6-12(2)11-21-3)10-15(20,14-8-9-14)16(17,18)19/h12-14,20H,4-11H2,1-3H3/t12-,13+,15?/m0/s1. The van der Waals surface area contributed by atoms with Crippen molar-refractivity contribution < 1.29 is 23.0 Å². The number of halogens is 3. The molecule has 1 fully saturated rings. The molecule has 1 saturated carbocycles. The van der Waals surface area contributed by atoms with Crippen molar-refractivity contribution in [2.45, 2.75) is 70.6 Å². The predicted molar refractivity (Wildman–Crippen MR) is 77.0 cm³/mol. The lowest BCUT2D eigenvalue weighted by molar-refractivity contribution is -0.274. The molecule has 5 heteroatoms. The van der Waals surface area contributed by atoms with E-state index in [1.54, 1.807) is 7.11 Å². The van der Waals surface area contributed by atoms with E-state index in [4.69, 9.17) is 4.74 Å². The Labute approximate surface area is 126 Å². The molecule has 0 saturated heterocycles. The molecular weight excluding hydrogens is 281 g/mol. The summed E-state index contributed by atoms with van der Waals surface area (Å²) in [6, 6.07) is 0. The van der Waals surface area contributed by atoms with E-state index in [1.165, 1.54) is 0 Å². The van der Waals surface area contributed by atoms with Crippen molar-refractivity contribution in [1.82, 2.24) is 0 Å². The molecule has 0 aliphatic heterocycles. The first-order valence-corrected chi connectivity index (χ1v) is 8.02. The average molecular weight is 310 g/mol. The zero-order chi connectivity index (χ0) is 16.1.